The van der Waals surface area contributed by atoms with E-state index in [4.69, 9.17) is 0 Å². The second-order valence-corrected chi connectivity index (χ2v) is 8.06. The molecule has 1 atom stereocenters. The highest BCUT2D eigenvalue weighted by molar-refractivity contribution is 5.96. The Hall–Kier alpha value is -3.18. The van der Waals surface area contributed by atoms with Gasteiger partial charge in [0, 0.05) is 30.1 Å². The van der Waals surface area contributed by atoms with Crippen LogP contribution in [-0.4, -0.2) is 30.9 Å². The maximum atomic E-state index is 12.8. The Morgan fingerprint density at radius 2 is 1.50 bits per heavy atom. The Labute approximate surface area is 177 Å². The Bertz CT molecular complexity index is 1030. The van der Waals surface area contributed by atoms with Crippen molar-refractivity contribution in [2.24, 2.45) is 5.92 Å². The zero-order chi connectivity index (χ0) is 20.9. The minimum atomic E-state index is -0.158. The van der Waals surface area contributed by atoms with Crippen LogP contribution in [0.4, 0.5) is 11.4 Å². The molecule has 3 aromatic carbocycles. The number of anilines is 2. The summed E-state index contributed by atoms with van der Waals surface area (Å²) < 4.78 is 0. The third kappa shape index (κ3) is 4.69. The van der Waals surface area contributed by atoms with E-state index in [1.54, 1.807) is 0 Å². The number of hydrogen-bond donors (Lipinski definition) is 3. The molecule has 0 saturated carbocycles. The van der Waals surface area contributed by atoms with E-state index in [-0.39, 0.29) is 23.8 Å². The highest BCUT2D eigenvalue weighted by atomic mass is 16.2. The van der Waals surface area contributed by atoms with Crippen LogP contribution in [0.15, 0.2) is 72.8 Å². The first-order valence-corrected chi connectivity index (χ1v) is 10.6. The zero-order valence-electron chi connectivity index (χ0n) is 17.2. The van der Waals surface area contributed by atoms with Gasteiger partial charge in [0.25, 0.3) is 5.91 Å². The van der Waals surface area contributed by atoms with E-state index in [9.17, 15) is 9.59 Å². The van der Waals surface area contributed by atoms with Crippen molar-refractivity contribution in [3.8, 4) is 0 Å². The van der Waals surface area contributed by atoms with E-state index in [0.717, 1.165) is 48.1 Å². The van der Waals surface area contributed by atoms with Gasteiger partial charge in [0.1, 0.15) is 0 Å². The van der Waals surface area contributed by atoms with Crippen molar-refractivity contribution >= 4 is 34.0 Å². The summed E-state index contributed by atoms with van der Waals surface area (Å²) in [7, 11) is 0. The number of amides is 2. The number of carbonyl (C=O) groups excluding carboxylic acids is 2. The molecule has 0 unspecified atom stereocenters. The van der Waals surface area contributed by atoms with Crippen molar-refractivity contribution in [2.45, 2.75) is 25.8 Å². The van der Waals surface area contributed by atoms with Crippen LogP contribution in [-0.2, 0) is 9.59 Å². The van der Waals surface area contributed by atoms with Gasteiger partial charge in [0.2, 0.25) is 5.91 Å². The predicted molar refractivity (Wildman–Crippen MR) is 121 cm³/mol. The second kappa shape index (κ2) is 9.09. The molecule has 0 radical (unpaired) electrons. The molecule has 1 aliphatic heterocycles. The highest BCUT2D eigenvalue weighted by Gasteiger charge is 2.32. The molecule has 0 aliphatic carbocycles. The Morgan fingerprint density at radius 3 is 2.23 bits per heavy atom. The van der Waals surface area contributed by atoms with Crippen molar-refractivity contribution < 1.29 is 14.5 Å². The van der Waals surface area contributed by atoms with Gasteiger partial charge in [-0.15, -0.1) is 0 Å². The molecule has 3 N–H and O–H groups in total. The van der Waals surface area contributed by atoms with Crippen LogP contribution in [0.1, 0.15) is 19.8 Å². The van der Waals surface area contributed by atoms with E-state index in [2.05, 4.69) is 16.7 Å². The lowest BCUT2D eigenvalue weighted by Gasteiger charge is -2.32. The molecular weight excluding hydrogens is 374 g/mol. The van der Waals surface area contributed by atoms with Gasteiger partial charge in [-0.3, -0.25) is 9.59 Å². The molecule has 154 valence electrons. The topological polar surface area (TPSA) is 62.6 Å². The minimum absolute atomic E-state index is 0.00436. The van der Waals surface area contributed by atoms with Crippen molar-refractivity contribution in [3.05, 3.63) is 72.8 Å². The van der Waals surface area contributed by atoms with Crippen LogP contribution in [0.2, 0.25) is 0 Å². The fourth-order valence-corrected chi connectivity index (χ4v) is 4.15. The fourth-order valence-electron chi connectivity index (χ4n) is 4.15. The molecule has 1 heterocycles. The summed E-state index contributed by atoms with van der Waals surface area (Å²) in [4.78, 5) is 26.6. The number of para-hydroxylation sites is 1. The lowest BCUT2D eigenvalue weighted by atomic mass is 9.94. The van der Waals surface area contributed by atoms with Gasteiger partial charge in [-0.1, -0.05) is 48.5 Å². The molecular formula is C25H28N3O2+. The van der Waals surface area contributed by atoms with Gasteiger partial charge in [-0.2, -0.15) is 0 Å². The maximum absolute atomic E-state index is 12.8. The van der Waals surface area contributed by atoms with E-state index in [1.165, 1.54) is 4.90 Å². The largest absolute Gasteiger partial charge is 0.326 e. The molecule has 0 aromatic heterocycles. The standard InChI is InChI=1S/C25H27N3O2/c1-18(24(29)27-23-12-11-19-7-5-6-8-21(19)17-23)28-15-13-20(14-16-28)25(30)26-22-9-3-2-4-10-22/h2-12,17-18,20H,13-16H2,1H3,(H,26,30)(H,27,29)/p+1/t18-/m1/s1. The average molecular weight is 403 g/mol. The first-order chi connectivity index (χ1) is 14.6. The van der Waals surface area contributed by atoms with Crippen LogP contribution in [0.3, 0.4) is 0 Å². The Kier molecular flexibility index (Phi) is 6.10. The van der Waals surface area contributed by atoms with Gasteiger partial charge in [0.05, 0.1) is 13.1 Å². The quantitative estimate of drug-likeness (QED) is 0.614. The minimum Gasteiger partial charge on any atom is -0.326 e. The molecule has 1 fully saturated rings. The molecule has 3 aromatic rings. The molecule has 1 aliphatic rings. The molecule has 4 rings (SSSR count). The number of likely N-dealkylation sites (tertiary alicyclic amines) is 1. The first-order valence-electron chi connectivity index (χ1n) is 10.6. The maximum Gasteiger partial charge on any atom is 0.282 e. The monoisotopic (exact) mass is 402 g/mol. The lowest BCUT2D eigenvalue weighted by molar-refractivity contribution is -0.919. The Balaban J connectivity index is 1.30. The number of nitrogens with one attached hydrogen (secondary N) is 3. The van der Waals surface area contributed by atoms with E-state index in [1.807, 2.05) is 73.7 Å². The van der Waals surface area contributed by atoms with E-state index < -0.39 is 0 Å². The lowest BCUT2D eigenvalue weighted by Crippen LogP contribution is -3.17. The summed E-state index contributed by atoms with van der Waals surface area (Å²) in [5, 5.41) is 8.33. The van der Waals surface area contributed by atoms with Gasteiger partial charge in [0.15, 0.2) is 6.04 Å². The molecule has 5 heteroatoms. The van der Waals surface area contributed by atoms with Crippen LogP contribution >= 0.6 is 0 Å². The zero-order valence-corrected chi connectivity index (χ0v) is 17.2. The van der Waals surface area contributed by atoms with Crippen LogP contribution in [0.25, 0.3) is 10.8 Å². The number of fused-ring (bicyclic) bond motifs is 1. The van der Waals surface area contributed by atoms with Gasteiger partial charge >= 0.3 is 0 Å². The number of quaternary nitrogens is 1. The van der Waals surface area contributed by atoms with Crippen LogP contribution in [0.5, 0.6) is 0 Å². The van der Waals surface area contributed by atoms with Crippen molar-refractivity contribution in [1.82, 2.24) is 0 Å². The summed E-state index contributed by atoms with van der Waals surface area (Å²) in [5.74, 6) is 0.102. The number of carbonyl (C=O) groups is 2. The average Bonchev–Trinajstić information content (AvgIpc) is 2.79. The number of hydrogen-bond acceptors (Lipinski definition) is 2. The van der Waals surface area contributed by atoms with E-state index >= 15 is 0 Å². The summed E-state index contributed by atoms with van der Waals surface area (Å²) >= 11 is 0. The summed E-state index contributed by atoms with van der Waals surface area (Å²) in [6.45, 7) is 3.61. The third-order valence-electron chi connectivity index (χ3n) is 6.06. The SMILES string of the molecule is C[C@H](C(=O)Nc1ccc2ccccc2c1)[NH+]1CCC(C(=O)Nc2ccccc2)CC1. The number of piperidine rings is 1. The predicted octanol–water partition coefficient (Wildman–Crippen LogP) is 3.10. The molecule has 5 nitrogen and oxygen atoms in total. The summed E-state index contributed by atoms with van der Waals surface area (Å²) in [5.41, 5.74) is 1.66. The normalized spacial score (nSPS) is 19.8. The van der Waals surface area contributed by atoms with Crippen molar-refractivity contribution in [2.75, 3.05) is 23.7 Å². The Morgan fingerprint density at radius 1 is 0.833 bits per heavy atom. The first kappa shape index (κ1) is 20.1. The van der Waals surface area contributed by atoms with Crippen LogP contribution in [0, 0.1) is 5.92 Å². The van der Waals surface area contributed by atoms with Crippen molar-refractivity contribution in [3.63, 3.8) is 0 Å². The molecule has 2 amide bonds. The smallest absolute Gasteiger partial charge is 0.282 e. The highest BCUT2D eigenvalue weighted by Crippen LogP contribution is 2.19. The molecule has 0 spiro atoms. The van der Waals surface area contributed by atoms with Crippen LogP contribution < -0.4 is 15.5 Å². The van der Waals surface area contributed by atoms with E-state index in [0.29, 0.717) is 0 Å². The van der Waals surface area contributed by atoms with Gasteiger partial charge in [-0.05, 0) is 42.0 Å². The van der Waals surface area contributed by atoms with Crippen molar-refractivity contribution in [1.29, 1.82) is 0 Å². The van der Waals surface area contributed by atoms with Gasteiger partial charge in [-0.25, -0.2) is 0 Å². The summed E-state index contributed by atoms with van der Waals surface area (Å²) in [6.07, 6.45) is 1.59. The molecule has 0 bridgehead atoms. The third-order valence-corrected chi connectivity index (χ3v) is 6.06. The summed E-state index contributed by atoms with van der Waals surface area (Å²) in [6, 6.07) is 23.5. The second-order valence-electron chi connectivity index (χ2n) is 8.06. The molecule has 30 heavy (non-hydrogen) atoms. The fraction of sp³-hybridized carbons (Fsp3) is 0.280. The number of rotatable bonds is 5. The van der Waals surface area contributed by atoms with Gasteiger partial charge < -0.3 is 15.5 Å². The number of benzene rings is 3. The molecule has 1 saturated heterocycles.